The lowest BCUT2D eigenvalue weighted by Crippen LogP contribution is -2.20. The van der Waals surface area contributed by atoms with Crippen molar-refractivity contribution in [2.75, 3.05) is 18.4 Å². The Morgan fingerprint density at radius 2 is 1.65 bits per heavy atom. The third-order valence-corrected chi connectivity index (χ3v) is 6.28. The van der Waals surface area contributed by atoms with Gasteiger partial charge in [-0.2, -0.15) is 13.2 Å². The van der Waals surface area contributed by atoms with Crippen molar-refractivity contribution in [1.29, 1.82) is 0 Å². The minimum atomic E-state index is -4.74. The molecule has 0 saturated heterocycles. The molecule has 1 aromatic heterocycles. The maximum absolute atomic E-state index is 14.2. The van der Waals surface area contributed by atoms with E-state index in [0.29, 0.717) is 22.5 Å². The van der Waals surface area contributed by atoms with E-state index in [0.717, 1.165) is 60.3 Å². The number of nitrogens with one attached hydrogen (secondary N) is 2. The van der Waals surface area contributed by atoms with Crippen molar-refractivity contribution in [3.63, 3.8) is 0 Å². The smallest absolute Gasteiger partial charge is 0.367 e. The molecule has 0 radical (unpaired) electrons. The lowest BCUT2D eigenvalue weighted by Gasteiger charge is -2.18. The van der Waals surface area contributed by atoms with Crippen molar-refractivity contribution in [3.8, 4) is 22.5 Å². The first-order chi connectivity index (χ1) is 17.7. The molecule has 4 rings (SSSR count). The van der Waals surface area contributed by atoms with Crippen LogP contribution in [-0.2, 0) is 6.18 Å². The molecule has 0 aliphatic rings. The summed E-state index contributed by atoms with van der Waals surface area (Å²) in [6.07, 6.45) is -2.74. The van der Waals surface area contributed by atoms with E-state index in [1.807, 2.05) is 31.2 Å². The minimum absolute atomic E-state index is 0.187. The van der Waals surface area contributed by atoms with E-state index in [4.69, 9.17) is 9.97 Å². The van der Waals surface area contributed by atoms with Crippen molar-refractivity contribution in [2.24, 2.45) is 0 Å². The van der Waals surface area contributed by atoms with Crippen molar-refractivity contribution >= 4 is 16.7 Å². The number of hydrogen-bond acceptors (Lipinski definition) is 4. The summed E-state index contributed by atoms with van der Waals surface area (Å²) in [6, 6.07) is 16.2. The highest BCUT2D eigenvalue weighted by Crippen LogP contribution is 2.34. The molecule has 0 bridgehead atoms. The van der Waals surface area contributed by atoms with Gasteiger partial charge in [0.05, 0.1) is 11.1 Å². The Labute approximate surface area is 214 Å². The molecule has 4 aromatic rings. The summed E-state index contributed by atoms with van der Waals surface area (Å²) in [7, 11) is 0. The standard InChI is InChI=1S/C29H30F4N4/c1-4-34-15-7-9-19(3)35-28-23-12-5-8-18(2)26(23)36-27(37-28)22-11-6-10-20(16-22)21-13-14-24(25(30)17-21)29(31,32)33/h5-6,8,10-14,16-17,19,34H,4,7,9,15H2,1-3H3,(H,35,36,37). The number of aryl methyl sites for hydroxylation is 1. The summed E-state index contributed by atoms with van der Waals surface area (Å²) < 4.78 is 53.2. The van der Waals surface area contributed by atoms with E-state index in [-0.39, 0.29) is 6.04 Å². The zero-order chi connectivity index (χ0) is 26.6. The van der Waals surface area contributed by atoms with E-state index in [1.165, 1.54) is 6.07 Å². The zero-order valence-corrected chi connectivity index (χ0v) is 21.1. The van der Waals surface area contributed by atoms with E-state index in [1.54, 1.807) is 18.2 Å². The number of nitrogens with zero attached hydrogens (tertiary/aromatic N) is 2. The van der Waals surface area contributed by atoms with E-state index in [2.05, 4.69) is 24.5 Å². The van der Waals surface area contributed by atoms with Crippen LogP contribution < -0.4 is 10.6 Å². The van der Waals surface area contributed by atoms with Gasteiger partial charge in [-0.1, -0.05) is 43.3 Å². The maximum Gasteiger partial charge on any atom is 0.419 e. The third kappa shape index (κ3) is 6.25. The summed E-state index contributed by atoms with van der Waals surface area (Å²) in [5.41, 5.74) is 2.15. The first-order valence-corrected chi connectivity index (χ1v) is 12.4. The monoisotopic (exact) mass is 510 g/mol. The largest absolute Gasteiger partial charge is 0.419 e. The molecule has 0 fully saturated rings. The second kappa shape index (κ2) is 11.3. The highest BCUT2D eigenvalue weighted by molar-refractivity contribution is 5.92. The van der Waals surface area contributed by atoms with Crippen LogP contribution in [0.4, 0.5) is 23.4 Å². The molecule has 0 spiro atoms. The summed E-state index contributed by atoms with van der Waals surface area (Å²) in [4.78, 5) is 9.65. The van der Waals surface area contributed by atoms with Gasteiger partial charge in [0.1, 0.15) is 11.6 Å². The van der Waals surface area contributed by atoms with Crippen LogP contribution in [0.25, 0.3) is 33.4 Å². The average molecular weight is 511 g/mol. The Kier molecular flexibility index (Phi) is 8.07. The first kappa shape index (κ1) is 26.5. The van der Waals surface area contributed by atoms with Crippen molar-refractivity contribution in [2.45, 2.75) is 45.8 Å². The van der Waals surface area contributed by atoms with Crippen molar-refractivity contribution in [3.05, 3.63) is 77.6 Å². The number of alkyl halides is 3. The van der Waals surface area contributed by atoms with Crippen LogP contribution in [0.1, 0.15) is 37.8 Å². The third-order valence-electron chi connectivity index (χ3n) is 6.28. The second-order valence-corrected chi connectivity index (χ2v) is 9.18. The molecule has 8 heteroatoms. The first-order valence-electron chi connectivity index (χ1n) is 12.4. The van der Waals surface area contributed by atoms with Gasteiger partial charge in [0.15, 0.2) is 5.82 Å². The van der Waals surface area contributed by atoms with E-state index in [9.17, 15) is 17.6 Å². The molecule has 0 aliphatic carbocycles. The number of fused-ring (bicyclic) bond motifs is 1. The average Bonchev–Trinajstić information content (AvgIpc) is 2.86. The Bertz CT molecular complexity index is 1380. The van der Waals surface area contributed by atoms with Gasteiger partial charge in [-0.3, -0.25) is 0 Å². The fourth-order valence-electron chi connectivity index (χ4n) is 4.31. The molecule has 0 aliphatic heterocycles. The topological polar surface area (TPSA) is 49.8 Å². The number of para-hydroxylation sites is 1. The van der Waals surface area contributed by atoms with Crippen LogP contribution >= 0.6 is 0 Å². The van der Waals surface area contributed by atoms with Gasteiger partial charge in [0.2, 0.25) is 0 Å². The molecule has 0 amide bonds. The molecule has 0 saturated carbocycles. The number of rotatable bonds is 9. The van der Waals surface area contributed by atoms with Crippen LogP contribution in [0.2, 0.25) is 0 Å². The number of aromatic nitrogens is 2. The minimum Gasteiger partial charge on any atom is -0.367 e. The molecule has 3 aromatic carbocycles. The summed E-state index contributed by atoms with van der Waals surface area (Å²) in [6.45, 7) is 8.09. The Morgan fingerprint density at radius 1 is 0.919 bits per heavy atom. The molecule has 1 atom stereocenters. The van der Waals surface area contributed by atoms with Crippen LogP contribution in [0.5, 0.6) is 0 Å². The SMILES string of the molecule is CCNCCCC(C)Nc1nc(-c2cccc(-c3ccc(C(F)(F)F)c(F)c3)c2)nc2c(C)cccc12. The van der Waals surface area contributed by atoms with Crippen molar-refractivity contribution < 1.29 is 17.6 Å². The summed E-state index contributed by atoms with van der Waals surface area (Å²) in [5.74, 6) is -0.0911. The van der Waals surface area contributed by atoms with Gasteiger partial charge in [0, 0.05) is 17.0 Å². The fraction of sp³-hybridized carbons (Fsp3) is 0.310. The van der Waals surface area contributed by atoms with Gasteiger partial charge in [-0.15, -0.1) is 0 Å². The van der Waals surface area contributed by atoms with Crippen LogP contribution in [0.15, 0.2) is 60.7 Å². The predicted octanol–water partition coefficient (Wildman–Crippen LogP) is 7.62. The highest BCUT2D eigenvalue weighted by atomic mass is 19.4. The molecule has 37 heavy (non-hydrogen) atoms. The summed E-state index contributed by atoms with van der Waals surface area (Å²) >= 11 is 0. The lowest BCUT2D eigenvalue weighted by molar-refractivity contribution is -0.139. The van der Waals surface area contributed by atoms with E-state index >= 15 is 0 Å². The lowest BCUT2D eigenvalue weighted by atomic mass is 10.0. The van der Waals surface area contributed by atoms with Gasteiger partial charge < -0.3 is 10.6 Å². The summed E-state index contributed by atoms with van der Waals surface area (Å²) in [5, 5.41) is 7.79. The highest BCUT2D eigenvalue weighted by Gasteiger charge is 2.34. The Hall–Kier alpha value is -3.52. The molecule has 1 unspecified atom stereocenters. The molecule has 1 heterocycles. The van der Waals surface area contributed by atoms with Crippen LogP contribution in [-0.4, -0.2) is 29.1 Å². The van der Waals surface area contributed by atoms with Gasteiger partial charge in [-0.25, -0.2) is 14.4 Å². The number of hydrogen-bond donors (Lipinski definition) is 2. The zero-order valence-electron chi connectivity index (χ0n) is 21.1. The number of halogens is 4. The normalized spacial score (nSPS) is 12.6. The van der Waals surface area contributed by atoms with Gasteiger partial charge in [-0.05, 0) is 80.7 Å². The number of benzene rings is 3. The van der Waals surface area contributed by atoms with Gasteiger partial charge >= 0.3 is 6.18 Å². The molecule has 194 valence electrons. The quantitative estimate of drug-likeness (QED) is 0.180. The second-order valence-electron chi connectivity index (χ2n) is 9.18. The predicted molar refractivity (Wildman–Crippen MR) is 141 cm³/mol. The molecular weight excluding hydrogens is 480 g/mol. The number of anilines is 1. The van der Waals surface area contributed by atoms with Crippen LogP contribution in [0.3, 0.4) is 0 Å². The van der Waals surface area contributed by atoms with Crippen LogP contribution in [0, 0.1) is 12.7 Å². The maximum atomic E-state index is 14.2. The molecular formula is C29H30F4N4. The molecule has 2 N–H and O–H groups in total. The Balaban J connectivity index is 1.70. The molecule has 4 nitrogen and oxygen atoms in total. The van der Waals surface area contributed by atoms with Gasteiger partial charge in [0.25, 0.3) is 0 Å². The van der Waals surface area contributed by atoms with E-state index < -0.39 is 17.6 Å². The Morgan fingerprint density at radius 3 is 2.38 bits per heavy atom. The fourth-order valence-corrected chi connectivity index (χ4v) is 4.31. The van der Waals surface area contributed by atoms with Crippen molar-refractivity contribution in [1.82, 2.24) is 15.3 Å².